The fraction of sp³-hybridized carbons (Fsp3) is 0.150. The summed E-state index contributed by atoms with van der Waals surface area (Å²) in [5.41, 5.74) is 7.67. The Balaban J connectivity index is 1.95. The van der Waals surface area contributed by atoms with Crippen molar-refractivity contribution in [1.29, 1.82) is 0 Å². The molecule has 1 nitrogen and oxygen atoms in total. The predicted molar refractivity (Wildman–Crippen MR) is 91.1 cm³/mol. The second kappa shape index (κ2) is 5.92. The van der Waals surface area contributed by atoms with Gasteiger partial charge in [0.25, 0.3) is 0 Å². The van der Waals surface area contributed by atoms with Gasteiger partial charge in [-0.1, -0.05) is 54.1 Å². The van der Waals surface area contributed by atoms with Crippen LogP contribution in [-0.4, -0.2) is 6.21 Å². The second-order valence-electron chi connectivity index (χ2n) is 5.51. The van der Waals surface area contributed by atoms with E-state index in [1.165, 1.54) is 27.8 Å². The highest BCUT2D eigenvalue weighted by molar-refractivity contribution is 5.91. The lowest BCUT2D eigenvalue weighted by Gasteiger charge is -2.09. The molecule has 1 heteroatoms. The summed E-state index contributed by atoms with van der Waals surface area (Å²) in [6, 6.07) is 18.6. The summed E-state index contributed by atoms with van der Waals surface area (Å²) in [6.45, 7) is 4.38. The molecule has 104 valence electrons. The largest absolute Gasteiger partial charge is 0.256 e. The maximum atomic E-state index is 4.59. The van der Waals surface area contributed by atoms with Crippen LogP contribution in [0.3, 0.4) is 0 Å². The second-order valence-corrected chi connectivity index (χ2v) is 5.51. The number of aliphatic imine (C=N–C) groups is 1. The van der Waals surface area contributed by atoms with Crippen molar-refractivity contribution in [1.82, 2.24) is 0 Å². The van der Waals surface area contributed by atoms with Crippen molar-refractivity contribution in [3.63, 3.8) is 0 Å². The predicted octanol–water partition coefficient (Wildman–Crippen LogP) is 5.56. The summed E-state index contributed by atoms with van der Waals surface area (Å²) in [5.74, 6) is 0. The van der Waals surface area contributed by atoms with E-state index in [0.29, 0.717) is 0 Å². The van der Waals surface area contributed by atoms with E-state index in [9.17, 15) is 0 Å². The molecular weight excluding hydrogens is 254 g/mol. The molecule has 0 unspecified atom stereocenters. The van der Waals surface area contributed by atoms with Gasteiger partial charge in [0.1, 0.15) is 0 Å². The molecule has 0 heterocycles. The van der Waals surface area contributed by atoms with E-state index in [-0.39, 0.29) is 0 Å². The zero-order valence-electron chi connectivity index (χ0n) is 12.5. The van der Waals surface area contributed by atoms with Crippen LogP contribution in [0.15, 0.2) is 76.8 Å². The highest BCUT2D eigenvalue weighted by Gasteiger charge is 2.14. The van der Waals surface area contributed by atoms with E-state index in [0.717, 1.165) is 12.1 Å². The van der Waals surface area contributed by atoms with Crippen LogP contribution < -0.4 is 0 Å². The first-order chi connectivity index (χ1) is 10.2. The number of rotatable bonds is 3. The maximum absolute atomic E-state index is 4.59. The molecule has 0 amide bonds. The Bertz CT molecular complexity index is 733. The molecule has 0 N–H and O–H groups in total. The smallest absolute Gasteiger partial charge is 0.0629 e. The van der Waals surface area contributed by atoms with E-state index in [2.05, 4.69) is 49.2 Å². The molecule has 0 spiro atoms. The first kappa shape index (κ1) is 13.6. The molecule has 2 aromatic carbocycles. The van der Waals surface area contributed by atoms with E-state index in [1.807, 2.05) is 36.5 Å². The van der Waals surface area contributed by atoms with E-state index in [4.69, 9.17) is 0 Å². The highest BCUT2D eigenvalue weighted by atomic mass is 14.7. The van der Waals surface area contributed by atoms with E-state index >= 15 is 0 Å². The van der Waals surface area contributed by atoms with Crippen LogP contribution in [0.5, 0.6) is 0 Å². The summed E-state index contributed by atoms with van der Waals surface area (Å²) in [7, 11) is 0. The Labute approximate surface area is 126 Å². The minimum atomic E-state index is 0.985. The van der Waals surface area contributed by atoms with Crippen LogP contribution in [-0.2, 0) is 0 Å². The first-order valence-corrected chi connectivity index (χ1v) is 7.29. The third kappa shape index (κ3) is 3.03. The zero-order chi connectivity index (χ0) is 14.7. The van der Waals surface area contributed by atoms with Crippen molar-refractivity contribution in [2.45, 2.75) is 20.3 Å². The van der Waals surface area contributed by atoms with Crippen molar-refractivity contribution in [2.75, 3.05) is 0 Å². The molecule has 0 radical (unpaired) electrons. The third-order valence-electron chi connectivity index (χ3n) is 3.79. The lowest BCUT2D eigenvalue weighted by Crippen LogP contribution is -1.92. The highest BCUT2D eigenvalue weighted by Crippen LogP contribution is 2.34. The molecule has 2 aromatic rings. The van der Waals surface area contributed by atoms with Gasteiger partial charge in [0.2, 0.25) is 0 Å². The third-order valence-corrected chi connectivity index (χ3v) is 3.79. The molecule has 0 fully saturated rings. The molecule has 1 aliphatic carbocycles. The maximum Gasteiger partial charge on any atom is 0.0629 e. The molecule has 0 saturated carbocycles. The Morgan fingerprint density at radius 2 is 1.62 bits per heavy atom. The minimum Gasteiger partial charge on any atom is -0.256 e. The topological polar surface area (TPSA) is 12.4 Å². The quantitative estimate of drug-likeness (QED) is 0.649. The summed E-state index contributed by atoms with van der Waals surface area (Å²) in [6.07, 6.45) is 5.29. The monoisotopic (exact) mass is 273 g/mol. The average Bonchev–Trinajstić information content (AvgIpc) is 2.85. The van der Waals surface area contributed by atoms with Crippen molar-refractivity contribution in [2.24, 2.45) is 4.99 Å². The molecule has 0 atom stereocenters. The summed E-state index contributed by atoms with van der Waals surface area (Å²) < 4.78 is 0. The average molecular weight is 273 g/mol. The van der Waals surface area contributed by atoms with E-state index in [1.54, 1.807) is 0 Å². The van der Waals surface area contributed by atoms with Crippen LogP contribution in [0.1, 0.15) is 31.4 Å². The number of hydrogen-bond acceptors (Lipinski definition) is 1. The lowest BCUT2D eigenvalue weighted by molar-refractivity contribution is 1.26. The number of benzene rings is 2. The Morgan fingerprint density at radius 1 is 0.905 bits per heavy atom. The SMILES string of the molecule is CC1=CC(C)=C(c2ccccc2/C=N/c2ccccc2)C1. The summed E-state index contributed by atoms with van der Waals surface area (Å²) in [5, 5.41) is 0. The molecule has 0 aliphatic heterocycles. The van der Waals surface area contributed by atoms with Crippen LogP contribution in [0.2, 0.25) is 0 Å². The van der Waals surface area contributed by atoms with Gasteiger partial charge in [0.15, 0.2) is 0 Å². The summed E-state index contributed by atoms with van der Waals surface area (Å²) >= 11 is 0. The lowest BCUT2D eigenvalue weighted by atomic mass is 9.96. The van der Waals surface area contributed by atoms with Crippen molar-refractivity contribution >= 4 is 17.5 Å². The van der Waals surface area contributed by atoms with Crippen LogP contribution in [0.4, 0.5) is 5.69 Å². The number of allylic oxidation sites excluding steroid dienone is 4. The Hall–Kier alpha value is -2.41. The number of nitrogens with zero attached hydrogens (tertiary/aromatic N) is 1. The minimum absolute atomic E-state index is 0.985. The Kier molecular flexibility index (Phi) is 3.83. The van der Waals surface area contributed by atoms with E-state index < -0.39 is 0 Å². The molecule has 3 rings (SSSR count). The van der Waals surface area contributed by atoms with Gasteiger partial charge in [-0.15, -0.1) is 0 Å². The number of para-hydroxylation sites is 1. The standard InChI is InChI=1S/C20H19N/c1-15-12-16(2)20(13-15)19-11-7-6-8-17(19)14-21-18-9-4-3-5-10-18/h3-12,14H,13H2,1-2H3/b21-14+. The van der Waals surface area contributed by atoms with Gasteiger partial charge in [-0.05, 0) is 49.1 Å². The molecular formula is C20H19N. The molecule has 0 saturated heterocycles. The van der Waals surface area contributed by atoms with Crippen LogP contribution in [0.25, 0.3) is 5.57 Å². The zero-order valence-corrected chi connectivity index (χ0v) is 12.5. The molecule has 0 aromatic heterocycles. The fourth-order valence-electron chi connectivity index (χ4n) is 2.78. The summed E-state index contributed by atoms with van der Waals surface area (Å²) in [4.78, 5) is 4.59. The van der Waals surface area contributed by atoms with Crippen molar-refractivity contribution < 1.29 is 0 Å². The number of hydrogen-bond donors (Lipinski definition) is 0. The Morgan fingerprint density at radius 3 is 2.33 bits per heavy atom. The van der Waals surface area contributed by atoms with Gasteiger partial charge in [0, 0.05) is 11.8 Å². The molecule has 1 aliphatic rings. The van der Waals surface area contributed by atoms with Gasteiger partial charge < -0.3 is 0 Å². The molecule has 0 bridgehead atoms. The van der Waals surface area contributed by atoms with Crippen molar-refractivity contribution in [3.05, 3.63) is 82.9 Å². The van der Waals surface area contributed by atoms with Gasteiger partial charge in [-0.2, -0.15) is 0 Å². The van der Waals surface area contributed by atoms with Crippen molar-refractivity contribution in [3.8, 4) is 0 Å². The van der Waals surface area contributed by atoms with Gasteiger partial charge >= 0.3 is 0 Å². The van der Waals surface area contributed by atoms with Gasteiger partial charge in [-0.3, -0.25) is 4.99 Å². The van der Waals surface area contributed by atoms with Crippen LogP contribution in [0, 0.1) is 0 Å². The van der Waals surface area contributed by atoms with Crippen LogP contribution >= 0.6 is 0 Å². The molecule has 21 heavy (non-hydrogen) atoms. The first-order valence-electron chi connectivity index (χ1n) is 7.29. The van der Waals surface area contributed by atoms with Gasteiger partial charge in [-0.25, -0.2) is 0 Å². The van der Waals surface area contributed by atoms with Gasteiger partial charge in [0.05, 0.1) is 5.69 Å². The fourth-order valence-corrected chi connectivity index (χ4v) is 2.78. The normalized spacial score (nSPS) is 14.9.